The molecule has 0 bridgehead atoms. The molecule has 4 heteroatoms. The molecule has 0 unspecified atom stereocenters. The van der Waals surface area contributed by atoms with Crippen molar-refractivity contribution in [3.05, 3.63) is 0 Å². The zero-order chi connectivity index (χ0) is 11.9. The van der Waals surface area contributed by atoms with E-state index < -0.39 is 28.7 Å². The molecule has 0 aromatic heterocycles. The van der Waals surface area contributed by atoms with Crippen molar-refractivity contribution in [1.82, 2.24) is 0 Å². The predicted octanol–water partition coefficient (Wildman–Crippen LogP) is 1.99. The maximum Gasteiger partial charge on any atom is 0.310 e. The first-order valence-electron chi connectivity index (χ1n) is 5.26. The van der Waals surface area contributed by atoms with E-state index in [1.807, 2.05) is 6.92 Å². The Kier molecular flexibility index (Phi) is 2.81. The molecule has 2 atom stereocenters. The van der Waals surface area contributed by atoms with E-state index in [4.69, 9.17) is 5.11 Å². The highest BCUT2D eigenvalue weighted by atomic mass is 16.4. The Hall–Kier alpha value is -1.06. The van der Waals surface area contributed by atoms with Crippen LogP contribution in [0.15, 0.2) is 0 Å². The van der Waals surface area contributed by atoms with Gasteiger partial charge in [-0.15, -0.1) is 0 Å². The topological polar surface area (TPSA) is 74.6 Å². The molecule has 86 valence electrons. The molecule has 0 spiro atoms. The number of carboxylic acids is 2. The van der Waals surface area contributed by atoms with Crippen LogP contribution >= 0.6 is 0 Å². The molecule has 4 nitrogen and oxygen atoms in total. The maximum absolute atomic E-state index is 11.3. The Labute approximate surface area is 89.3 Å². The fourth-order valence-corrected chi connectivity index (χ4v) is 3.01. The lowest BCUT2D eigenvalue weighted by Gasteiger charge is -2.39. The molecular formula is C11H18O4. The summed E-state index contributed by atoms with van der Waals surface area (Å²) >= 11 is 0. The van der Waals surface area contributed by atoms with Crippen LogP contribution in [0.1, 0.15) is 40.0 Å². The summed E-state index contributed by atoms with van der Waals surface area (Å²) in [6.45, 7) is 5.34. The van der Waals surface area contributed by atoms with E-state index in [0.717, 1.165) is 0 Å². The van der Waals surface area contributed by atoms with Crippen LogP contribution in [-0.4, -0.2) is 22.2 Å². The minimum atomic E-state index is -0.879. The third-order valence-corrected chi connectivity index (χ3v) is 4.28. The highest BCUT2D eigenvalue weighted by Gasteiger charge is 2.60. The van der Waals surface area contributed by atoms with Crippen LogP contribution in [0.3, 0.4) is 0 Å². The van der Waals surface area contributed by atoms with Gasteiger partial charge in [-0.05, 0) is 24.7 Å². The van der Waals surface area contributed by atoms with Gasteiger partial charge < -0.3 is 10.2 Å². The molecule has 2 N–H and O–H groups in total. The van der Waals surface area contributed by atoms with E-state index in [1.165, 1.54) is 0 Å². The first kappa shape index (κ1) is 12.0. The molecule has 1 fully saturated rings. The van der Waals surface area contributed by atoms with E-state index in [-0.39, 0.29) is 0 Å². The van der Waals surface area contributed by atoms with Crippen molar-refractivity contribution in [1.29, 1.82) is 0 Å². The van der Waals surface area contributed by atoms with E-state index in [0.29, 0.717) is 19.3 Å². The summed E-state index contributed by atoms with van der Waals surface area (Å²) in [5.74, 6) is -2.29. The van der Waals surface area contributed by atoms with Gasteiger partial charge in [0.25, 0.3) is 0 Å². The second kappa shape index (κ2) is 3.51. The highest BCUT2D eigenvalue weighted by Crippen LogP contribution is 2.58. The third kappa shape index (κ3) is 1.43. The fourth-order valence-electron chi connectivity index (χ4n) is 3.01. The molecule has 0 aromatic rings. The average Bonchev–Trinajstić information content (AvgIpc) is 2.37. The van der Waals surface area contributed by atoms with Gasteiger partial charge in [-0.1, -0.05) is 20.8 Å². The molecule has 0 aliphatic heterocycles. The van der Waals surface area contributed by atoms with Crippen molar-refractivity contribution in [3.63, 3.8) is 0 Å². The molecule has 0 heterocycles. The Morgan fingerprint density at radius 3 is 2.07 bits per heavy atom. The minimum absolute atomic E-state index is 0.461. The Balaban J connectivity index is 3.15. The van der Waals surface area contributed by atoms with Crippen molar-refractivity contribution < 1.29 is 19.8 Å². The number of rotatable bonds is 3. The van der Waals surface area contributed by atoms with Crippen molar-refractivity contribution in [2.24, 2.45) is 16.7 Å². The van der Waals surface area contributed by atoms with Gasteiger partial charge in [0.05, 0.1) is 11.3 Å². The second-order valence-corrected chi connectivity index (χ2v) is 4.89. The quantitative estimate of drug-likeness (QED) is 0.753. The number of aliphatic carboxylic acids is 2. The van der Waals surface area contributed by atoms with E-state index in [2.05, 4.69) is 0 Å². The molecule has 0 amide bonds. The number of hydrogen-bond donors (Lipinski definition) is 2. The largest absolute Gasteiger partial charge is 0.481 e. The van der Waals surface area contributed by atoms with Gasteiger partial charge in [-0.3, -0.25) is 9.59 Å². The highest BCUT2D eigenvalue weighted by molar-refractivity contribution is 5.80. The summed E-state index contributed by atoms with van der Waals surface area (Å²) < 4.78 is 0. The van der Waals surface area contributed by atoms with Gasteiger partial charge in [0.1, 0.15) is 0 Å². The smallest absolute Gasteiger partial charge is 0.310 e. The van der Waals surface area contributed by atoms with Gasteiger partial charge in [-0.25, -0.2) is 0 Å². The SMILES string of the molecule is CC[C@@]1(C(=O)O)CC[C@H](C(=O)O)C1(C)C. The van der Waals surface area contributed by atoms with Crippen LogP contribution in [0.25, 0.3) is 0 Å². The maximum atomic E-state index is 11.3. The van der Waals surface area contributed by atoms with Crippen LogP contribution in [0, 0.1) is 16.7 Å². The van der Waals surface area contributed by atoms with Crippen LogP contribution in [-0.2, 0) is 9.59 Å². The minimum Gasteiger partial charge on any atom is -0.481 e. The monoisotopic (exact) mass is 214 g/mol. The Morgan fingerprint density at radius 1 is 1.33 bits per heavy atom. The van der Waals surface area contributed by atoms with E-state index in [9.17, 15) is 14.7 Å². The molecule has 1 aliphatic rings. The molecule has 0 aromatic carbocycles. The Bertz CT molecular complexity index is 295. The van der Waals surface area contributed by atoms with E-state index in [1.54, 1.807) is 13.8 Å². The zero-order valence-corrected chi connectivity index (χ0v) is 9.41. The summed E-state index contributed by atoms with van der Waals surface area (Å²) in [4.78, 5) is 22.4. The van der Waals surface area contributed by atoms with Crippen LogP contribution in [0.2, 0.25) is 0 Å². The lowest BCUT2D eigenvalue weighted by molar-refractivity contribution is -0.159. The predicted molar refractivity (Wildman–Crippen MR) is 54.5 cm³/mol. The Morgan fingerprint density at radius 2 is 1.87 bits per heavy atom. The lowest BCUT2D eigenvalue weighted by Crippen LogP contribution is -2.44. The average molecular weight is 214 g/mol. The number of carbonyl (C=O) groups is 2. The molecular weight excluding hydrogens is 196 g/mol. The third-order valence-electron chi connectivity index (χ3n) is 4.28. The first-order chi connectivity index (χ1) is 6.79. The van der Waals surface area contributed by atoms with Gasteiger partial charge in [-0.2, -0.15) is 0 Å². The summed E-state index contributed by atoms with van der Waals surface area (Å²) in [5, 5.41) is 18.4. The van der Waals surface area contributed by atoms with Gasteiger partial charge >= 0.3 is 11.9 Å². The summed E-state index contributed by atoms with van der Waals surface area (Å²) in [6.07, 6.45) is 1.41. The van der Waals surface area contributed by atoms with Crippen molar-refractivity contribution in [2.75, 3.05) is 0 Å². The van der Waals surface area contributed by atoms with Crippen LogP contribution in [0.4, 0.5) is 0 Å². The van der Waals surface area contributed by atoms with Crippen LogP contribution in [0.5, 0.6) is 0 Å². The number of hydrogen-bond acceptors (Lipinski definition) is 2. The van der Waals surface area contributed by atoms with Gasteiger partial charge in [0.15, 0.2) is 0 Å². The molecule has 0 saturated heterocycles. The fraction of sp³-hybridized carbons (Fsp3) is 0.818. The zero-order valence-electron chi connectivity index (χ0n) is 9.41. The standard InChI is InChI=1S/C11H18O4/c1-4-11(9(14)15)6-5-7(8(12)13)10(11,2)3/h7H,4-6H2,1-3H3,(H,12,13)(H,14,15)/t7-,11+/m1/s1. The van der Waals surface area contributed by atoms with E-state index >= 15 is 0 Å². The summed E-state index contributed by atoms with van der Waals surface area (Å²) in [5.41, 5.74) is -1.56. The molecule has 15 heavy (non-hydrogen) atoms. The normalized spacial score (nSPS) is 33.9. The molecule has 1 aliphatic carbocycles. The molecule has 0 radical (unpaired) electrons. The lowest BCUT2D eigenvalue weighted by atomic mass is 9.63. The van der Waals surface area contributed by atoms with Crippen molar-refractivity contribution in [3.8, 4) is 0 Å². The number of carboxylic acid groups (broad SMARTS) is 2. The summed E-state index contributed by atoms with van der Waals surface area (Å²) in [7, 11) is 0. The first-order valence-corrected chi connectivity index (χ1v) is 5.26. The van der Waals surface area contributed by atoms with Crippen molar-refractivity contribution >= 4 is 11.9 Å². The molecule has 1 saturated carbocycles. The molecule has 1 rings (SSSR count). The van der Waals surface area contributed by atoms with Gasteiger partial charge in [0.2, 0.25) is 0 Å². The van der Waals surface area contributed by atoms with Gasteiger partial charge in [0, 0.05) is 0 Å². The van der Waals surface area contributed by atoms with Crippen molar-refractivity contribution in [2.45, 2.75) is 40.0 Å². The second-order valence-electron chi connectivity index (χ2n) is 4.89. The summed E-state index contributed by atoms with van der Waals surface area (Å²) in [6, 6.07) is 0. The van der Waals surface area contributed by atoms with Crippen LogP contribution < -0.4 is 0 Å².